The second kappa shape index (κ2) is 5.54. The van der Waals surface area contributed by atoms with Gasteiger partial charge in [-0.25, -0.2) is 4.39 Å². The standard InChI is InChI=1S/C14H12ClFN2O2/c1-8-10(7-18(2)17-8)14(20)6-13(19)9-3-4-12(16)11(15)5-9/h3-5,7H,6H2,1-2H3. The fraction of sp³-hybridized carbons (Fsp3) is 0.214. The number of hydrogen-bond acceptors (Lipinski definition) is 3. The van der Waals surface area contributed by atoms with Crippen LogP contribution in [0.25, 0.3) is 0 Å². The molecule has 0 amide bonds. The highest BCUT2D eigenvalue weighted by Gasteiger charge is 2.18. The minimum Gasteiger partial charge on any atom is -0.294 e. The Bertz CT molecular complexity index is 694. The zero-order chi connectivity index (χ0) is 14.9. The number of carbonyl (C=O) groups excluding carboxylic acids is 2. The van der Waals surface area contributed by atoms with Crippen LogP contribution in [0, 0.1) is 12.7 Å². The molecule has 0 aliphatic rings. The van der Waals surface area contributed by atoms with E-state index < -0.39 is 11.6 Å². The minimum atomic E-state index is -0.599. The molecule has 0 unspecified atom stereocenters. The minimum absolute atomic E-state index is 0.138. The molecule has 0 saturated carbocycles. The average Bonchev–Trinajstić information content (AvgIpc) is 2.71. The van der Waals surface area contributed by atoms with Crippen molar-refractivity contribution in [2.75, 3.05) is 0 Å². The van der Waals surface area contributed by atoms with Gasteiger partial charge in [0.15, 0.2) is 11.6 Å². The number of rotatable bonds is 4. The summed E-state index contributed by atoms with van der Waals surface area (Å²) in [6.45, 7) is 1.70. The average molecular weight is 295 g/mol. The van der Waals surface area contributed by atoms with Gasteiger partial charge in [-0.05, 0) is 25.1 Å². The number of Topliss-reactive ketones (excluding diaryl/α,β-unsaturated/α-hetero) is 2. The van der Waals surface area contributed by atoms with Crippen LogP contribution in [-0.4, -0.2) is 21.3 Å². The van der Waals surface area contributed by atoms with Crippen LogP contribution >= 0.6 is 11.6 Å². The molecule has 1 aromatic carbocycles. The summed E-state index contributed by atoms with van der Waals surface area (Å²) in [5.41, 5.74) is 1.20. The summed E-state index contributed by atoms with van der Waals surface area (Å²) >= 11 is 5.61. The lowest BCUT2D eigenvalue weighted by Gasteiger charge is -2.02. The van der Waals surface area contributed by atoms with Crippen LogP contribution in [0.3, 0.4) is 0 Å². The fourth-order valence-electron chi connectivity index (χ4n) is 1.89. The Morgan fingerprint density at radius 2 is 2.05 bits per heavy atom. The van der Waals surface area contributed by atoms with E-state index in [1.165, 1.54) is 16.8 Å². The molecule has 0 bridgehead atoms. The monoisotopic (exact) mass is 294 g/mol. The Hall–Kier alpha value is -2.01. The van der Waals surface area contributed by atoms with Crippen molar-refractivity contribution >= 4 is 23.2 Å². The van der Waals surface area contributed by atoms with Crippen LogP contribution in [0.1, 0.15) is 32.8 Å². The Morgan fingerprint density at radius 3 is 2.60 bits per heavy atom. The quantitative estimate of drug-likeness (QED) is 0.643. The van der Waals surface area contributed by atoms with Gasteiger partial charge in [-0.2, -0.15) is 5.10 Å². The number of hydrogen-bond donors (Lipinski definition) is 0. The zero-order valence-corrected chi connectivity index (χ0v) is 11.7. The Kier molecular flexibility index (Phi) is 3.99. The highest BCUT2D eigenvalue weighted by atomic mass is 35.5. The van der Waals surface area contributed by atoms with Crippen LogP contribution in [0.2, 0.25) is 5.02 Å². The first kappa shape index (κ1) is 14.4. The zero-order valence-electron chi connectivity index (χ0n) is 11.0. The van der Waals surface area contributed by atoms with Gasteiger partial charge in [-0.1, -0.05) is 11.6 Å². The molecule has 4 nitrogen and oxygen atoms in total. The molecular weight excluding hydrogens is 283 g/mol. The number of ketones is 2. The van der Waals surface area contributed by atoms with Crippen LogP contribution in [-0.2, 0) is 7.05 Å². The summed E-state index contributed by atoms with van der Waals surface area (Å²) in [4.78, 5) is 24.0. The molecule has 20 heavy (non-hydrogen) atoms. The smallest absolute Gasteiger partial charge is 0.174 e. The van der Waals surface area contributed by atoms with Crippen LogP contribution in [0.5, 0.6) is 0 Å². The van der Waals surface area contributed by atoms with Gasteiger partial charge in [0.05, 0.1) is 22.7 Å². The van der Waals surface area contributed by atoms with Crippen LogP contribution in [0.4, 0.5) is 4.39 Å². The number of benzene rings is 1. The van der Waals surface area contributed by atoms with E-state index in [1.807, 2.05) is 0 Å². The van der Waals surface area contributed by atoms with Crippen molar-refractivity contribution < 1.29 is 14.0 Å². The number of aryl methyl sites for hydroxylation is 2. The highest BCUT2D eigenvalue weighted by molar-refractivity contribution is 6.31. The largest absolute Gasteiger partial charge is 0.294 e. The molecule has 0 saturated heterocycles. The van der Waals surface area contributed by atoms with Crippen molar-refractivity contribution in [2.45, 2.75) is 13.3 Å². The van der Waals surface area contributed by atoms with Crippen molar-refractivity contribution in [3.63, 3.8) is 0 Å². The molecule has 0 fully saturated rings. The summed E-state index contributed by atoms with van der Waals surface area (Å²) in [5, 5.41) is 3.91. The molecule has 0 atom stereocenters. The molecule has 0 aliphatic heterocycles. The van der Waals surface area contributed by atoms with Crippen molar-refractivity contribution in [1.29, 1.82) is 0 Å². The van der Waals surface area contributed by atoms with E-state index >= 15 is 0 Å². The summed E-state index contributed by atoms with van der Waals surface area (Å²) in [7, 11) is 1.70. The third-order valence-electron chi connectivity index (χ3n) is 2.88. The van der Waals surface area contributed by atoms with E-state index in [0.717, 1.165) is 6.07 Å². The summed E-state index contributed by atoms with van der Waals surface area (Å²) in [6, 6.07) is 3.64. The first-order chi connectivity index (χ1) is 9.38. The molecule has 2 aromatic rings. The van der Waals surface area contributed by atoms with Gasteiger partial charge in [0.1, 0.15) is 5.82 Å². The topological polar surface area (TPSA) is 52.0 Å². The van der Waals surface area contributed by atoms with Crippen molar-refractivity contribution in [3.05, 3.63) is 52.1 Å². The van der Waals surface area contributed by atoms with Gasteiger partial charge >= 0.3 is 0 Å². The van der Waals surface area contributed by atoms with E-state index in [-0.39, 0.29) is 22.8 Å². The normalized spacial score (nSPS) is 10.6. The first-order valence-corrected chi connectivity index (χ1v) is 6.28. The molecule has 0 radical (unpaired) electrons. The summed E-state index contributed by atoms with van der Waals surface area (Å²) in [5.74, 6) is -1.32. The second-order valence-electron chi connectivity index (χ2n) is 4.45. The van der Waals surface area contributed by atoms with Gasteiger partial charge in [0.2, 0.25) is 0 Å². The Labute approximate surface area is 120 Å². The second-order valence-corrected chi connectivity index (χ2v) is 4.86. The fourth-order valence-corrected chi connectivity index (χ4v) is 2.07. The third kappa shape index (κ3) is 2.93. The number of aromatic nitrogens is 2. The molecule has 1 aromatic heterocycles. The highest BCUT2D eigenvalue weighted by Crippen LogP contribution is 2.18. The van der Waals surface area contributed by atoms with Crippen molar-refractivity contribution in [3.8, 4) is 0 Å². The van der Waals surface area contributed by atoms with Gasteiger partial charge in [0.25, 0.3) is 0 Å². The third-order valence-corrected chi connectivity index (χ3v) is 3.17. The number of carbonyl (C=O) groups is 2. The maximum Gasteiger partial charge on any atom is 0.174 e. The van der Waals surface area contributed by atoms with E-state index in [4.69, 9.17) is 11.6 Å². The molecule has 0 spiro atoms. The number of halogens is 2. The van der Waals surface area contributed by atoms with Gasteiger partial charge < -0.3 is 0 Å². The molecule has 104 valence electrons. The van der Waals surface area contributed by atoms with Gasteiger partial charge in [-0.3, -0.25) is 14.3 Å². The maximum atomic E-state index is 13.0. The Balaban J connectivity index is 2.17. The molecule has 2 rings (SSSR count). The van der Waals surface area contributed by atoms with Crippen molar-refractivity contribution in [1.82, 2.24) is 9.78 Å². The van der Waals surface area contributed by atoms with Crippen LogP contribution in [0.15, 0.2) is 24.4 Å². The predicted molar refractivity (Wildman–Crippen MR) is 72.6 cm³/mol. The molecule has 0 N–H and O–H groups in total. The van der Waals surface area contributed by atoms with E-state index in [1.54, 1.807) is 20.2 Å². The van der Waals surface area contributed by atoms with E-state index in [0.29, 0.717) is 11.3 Å². The summed E-state index contributed by atoms with van der Waals surface area (Å²) in [6.07, 6.45) is 1.27. The maximum absolute atomic E-state index is 13.0. The molecule has 0 aliphatic carbocycles. The van der Waals surface area contributed by atoms with E-state index in [2.05, 4.69) is 5.10 Å². The van der Waals surface area contributed by atoms with E-state index in [9.17, 15) is 14.0 Å². The van der Waals surface area contributed by atoms with Crippen LogP contribution < -0.4 is 0 Å². The summed E-state index contributed by atoms with van der Waals surface area (Å²) < 4.78 is 14.5. The molecule has 6 heteroatoms. The Morgan fingerprint density at radius 1 is 1.35 bits per heavy atom. The lowest BCUT2D eigenvalue weighted by Crippen LogP contribution is -2.09. The predicted octanol–water partition coefficient (Wildman–Crippen LogP) is 2.98. The molecular formula is C14H12ClFN2O2. The van der Waals surface area contributed by atoms with Gasteiger partial charge in [0, 0.05) is 18.8 Å². The lowest BCUT2D eigenvalue weighted by molar-refractivity contribution is 0.0894. The lowest BCUT2D eigenvalue weighted by atomic mass is 10.0. The first-order valence-electron chi connectivity index (χ1n) is 5.90. The molecule has 1 heterocycles. The number of nitrogens with zero attached hydrogens (tertiary/aromatic N) is 2. The van der Waals surface area contributed by atoms with Gasteiger partial charge in [-0.15, -0.1) is 0 Å². The van der Waals surface area contributed by atoms with Crippen molar-refractivity contribution in [2.24, 2.45) is 7.05 Å². The SMILES string of the molecule is Cc1nn(C)cc1C(=O)CC(=O)c1ccc(F)c(Cl)c1.